The molecule has 2 aliphatic rings. The van der Waals surface area contributed by atoms with E-state index in [1.165, 1.54) is 19.4 Å². The molecule has 1 heterocycles. The lowest BCUT2D eigenvalue weighted by atomic mass is 9.90. The van der Waals surface area contributed by atoms with Gasteiger partial charge in [-0.15, -0.1) is 0 Å². The van der Waals surface area contributed by atoms with Gasteiger partial charge in [0.1, 0.15) is 0 Å². The fourth-order valence-corrected chi connectivity index (χ4v) is 1.37. The molecule has 0 aromatic carbocycles. The maximum absolute atomic E-state index is 3.36. The summed E-state index contributed by atoms with van der Waals surface area (Å²) >= 11 is 0. The zero-order valence-electron chi connectivity index (χ0n) is 8.70. The van der Waals surface area contributed by atoms with Crippen molar-refractivity contribution in [3.63, 3.8) is 0 Å². The molecule has 0 amide bonds. The molecule has 0 aromatic heterocycles. The van der Waals surface area contributed by atoms with E-state index in [1.54, 1.807) is 0 Å². The minimum Gasteiger partial charge on any atom is -0.313 e. The van der Waals surface area contributed by atoms with E-state index in [0.29, 0.717) is 0 Å². The lowest BCUT2D eigenvalue weighted by Gasteiger charge is -2.35. The summed E-state index contributed by atoms with van der Waals surface area (Å²) in [5.74, 6) is 0. The van der Waals surface area contributed by atoms with Crippen LogP contribution in [-0.4, -0.2) is 12.6 Å². The van der Waals surface area contributed by atoms with E-state index in [9.17, 15) is 0 Å². The van der Waals surface area contributed by atoms with Crippen LogP contribution in [0.3, 0.4) is 0 Å². The van der Waals surface area contributed by atoms with Crippen molar-refractivity contribution in [1.29, 1.82) is 0 Å². The summed E-state index contributed by atoms with van der Waals surface area (Å²) in [5.41, 5.74) is 0.819. The second kappa shape index (κ2) is 4.76. The third kappa shape index (κ3) is 2.19. The molecule has 1 spiro atoms. The number of hydrogen-bond donors (Lipinski definition) is 1. The minimum absolute atomic E-state index is 0.819. The van der Waals surface area contributed by atoms with Gasteiger partial charge in [-0.1, -0.05) is 27.7 Å². The van der Waals surface area contributed by atoms with Crippen molar-refractivity contribution in [2.45, 2.75) is 53.5 Å². The van der Waals surface area contributed by atoms with Gasteiger partial charge in [-0.05, 0) is 25.2 Å². The summed E-state index contributed by atoms with van der Waals surface area (Å²) in [6.07, 6.45) is 2.97. The van der Waals surface area contributed by atoms with Gasteiger partial charge in [0.15, 0.2) is 0 Å². The highest BCUT2D eigenvalue weighted by molar-refractivity contribution is 5.09. The van der Waals surface area contributed by atoms with Gasteiger partial charge in [-0.3, -0.25) is 0 Å². The molecule has 0 bridgehead atoms. The number of nitrogens with one attached hydrogen (secondary N) is 1. The van der Waals surface area contributed by atoms with E-state index >= 15 is 0 Å². The van der Waals surface area contributed by atoms with Gasteiger partial charge in [-0.25, -0.2) is 0 Å². The van der Waals surface area contributed by atoms with Crippen molar-refractivity contribution >= 4 is 0 Å². The zero-order chi connectivity index (χ0) is 8.91. The van der Waals surface area contributed by atoms with Crippen LogP contribution in [-0.2, 0) is 0 Å². The first-order valence-electron chi connectivity index (χ1n) is 5.07. The highest BCUT2D eigenvalue weighted by Gasteiger charge is 2.53. The molecular weight excluding hydrogens is 134 g/mol. The van der Waals surface area contributed by atoms with Gasteiger partial charge in [-0.2, -0.15) is 0 Å². The Morgan fingerprint density at radius 2 is 1.55 bits per heavy atom. The minimum atomic E-state index is 0.819. The predicted molar refractivity (Wildman–Crippen MR) is 51.8 cm³/mol. The highest BCUT2D eigenvalue weighted by Crippen LogP contribution is 2.52. The van der Waals surface area contributed by atoms with Crippen molar-refractivity contribution in [2.24, 2.45) is 5.41 Å². The van der Waals surface area contributed by atoms with Crippen LogP contribution < -0.4 is 5.32 Å². The van der Waals surface area contributed by atoms with Crippen LogP contribution in [0, 0.1) is 5.41 Å². The second-order valence-corrected chi connectivity index (χ2v) is 2.96. The molecule has 1 saturated heterocycles. The second-order valence-electron chi connectivity index (χ2n) is 2.96. The third-order valence-electron chi connectivity index (χ3n) is 2.57. The maximum atomic E-state index is 3.36. The van der Waals surface area contributed by atoms with E-state index < -0.39 is 0 Å². The first kappa shape index (κ1) is 11.0. The Morgan fingerprint density at radius 1 is 1.09 bits per heavy atom. The molecule has 1 nitrogen and oxygen atoms in total. The van der Waals surface area contributed by atoms with Crippen LogP contribution in [0.5, 0.6) is 0 Å². The van der Waals surface area contributed by atoms with Crippen LogP contribution in [0.25, 0.3) is 0 Å². The molecule has 2 fully saturated rings. The molecule has 0 radical (unpaired) electrons. The molecule has 1 N–H and O–H groups in total. The Bertz CT molecular complexity index is 95.0. The zero-order valence-corrected chi connectivity index (χ0v) is 8.70. The van der Waals surface area contributed by atoms with Crippen molar-refractivity contribution in [1.82, 2.24) is 5.32 Å². The number of rotatable bonds is 0. The van der Waals surface area contributed by atoms with E-state index in [2.05, 4.69) is 12.2 Å². The SMILES string of the molecule is CC.CC.CC1NCC12CC2. The Morgan fingerprint density at radius 3 is 1.55 bits per heavy atom. The van der Waals surface area contributed by atoms with Crippen LogP contribution >= 0.6 is 0 Å². The predicted octanol–water partition coefficient (Wildman–Crippen LogP) is 2.81. The van der Waals surface area contributed by atoms with Crippen LogP contribution in [0.15, 0.2) is 0 Å². The van der Waals surface area contributed by atoms with Gasteiger partial charge < -0.3 is 5.32 Å². The summed E-state index contributed by atoms with van der Waals surface area (Å²) in [6.45, 7) is 11.6. The molecule has 1 atom stereocenters. The van der Waals surface area contributed by atoms with E-state index in [0.717, 1.165) is 11.5 Å². The average Bonchev–Trinajstić information content (AvgIpc) is 2.90. The Balaban J connectivity index is 0.000000222. The van der Waals surface area contributed by atoms with Crippen molar-refractivity contribution in [3.8, 4) is 0 Å². The largest absolute Gasteiger partial charge is 0.313 e. The van der Waals surface area contributed by atoms with Crippen molar-refractivity contribution in [2.75, 3.05) is 6.54 Å². The molecule has 1 aliphatic heterocycles. The van der Waals surface area contributed by atoms with E-state index in [1.807, 2.05) is 27.7 Å². The first-order valence-corrected chi connectivity index (χ1v) is 5.07. The normalized spacial score (nSPS) is 28.6. The molecule has 1 saturated carbocycles. The molecule has 1 unspecified atom stereocenters. The van der Waals surface area contributed by atoms with E-state index in [-0.39, 0.29) is 0 Å². The molecule has 1 aliphatic carbocycles. The fraction of sp³-hybridized carbons (Fsp3) is 1.00. The molecule has 0 aromatic rings. The third-order valence-corrected chi connectivity index (χ3v) is 2.57. The van der Waals surface area contributed by atoms with Crippen LogP contribution in [0.2, 0.25) is 0 Å². The smallest absolute Gasteiger partial charge is 0.0108 e. The van der Waals surface area contributed by atoms with Gasteiger partial charge in [0, 0.05) is 12.6 Å². The standard InChI is InChI=1S/C6H11N.2C2H6/c1-5-6(2-3-6)4-7-5;2*1-2/h5,7H,2-4H2,1H3;2*1-2H3. The van der Waals surface area contributed by atoms with Gasteiger partial charge in [0.05, 0.1) is 0 Å². The summed E-state index contributed by atoms with van der Waals surface area (Å²) in [7, 11) is 0. The van der Waals surface area contributed by atoms with Gasteiger partial charge in [0.2, 0.25) is 0 Å². The lowest BCUT2D eigenvalue weighted by molar-refractivity contribution is 0.225. The average molecular weight is 157 g/mol. The van der Waals surface area contributed by atoms with Gasteiger partial charge in [0.25, 0.3) is 0 Å². The molecule has 2 rings (SSSR count). The van der Waals surface area contributed by atoms with Crippen LogP contribution in [0.4, 0.5) is 0 Å². The van der Waals surface area contributed by atoms with Crippen molar-refractivity contribution in [3.05, 3.63) is 0 Å². The maximum Gasteiger partial charge on any atom is 0.0108 e. The molecule has 68 valence electrons. The van der Waals surface area contributed by atoms with E-state index in [4.69, 9.17) is 0 Å². The molecule has 1 heteroatoms. The lowest BCUT2D eigenvalue weighted by Crippen LogP contribution is -2.52. The number of hydrogen-bond acceptors (Lipinski definition) is 1. The topological polar surface area (TPSA) is 12.0 Å². The van der Waals surface area contributed by atoms with Crippen molar-refractivity contribution < 1.29 is 0 Å². The van der Waals surface area contributed by atoms with Gasteiger partial charge >= 0.3 is 0 Å². The first-order chi connectivity index (χ1) is 5.33. The highest BCUT2D eigenvalue weighted by atomic mass is 15.1. The van der Waals surface area contributed by atoms with Crippen LogP contribution in [0.1, 0.15) is 47.5 Å². The summed E-state index contributed by atoms with van der Waals surface area (Å²) in [6, 6.07) is 0.840. The quantitative estimate of drug-likeness (QED) is 0.570. The molecule has 11 heavy (non-hydrogen) atoms. The summed E-state index contributed by atoms with van der Waals surface area (Å²) < 4.78 is 0. The fourth-order valence-electron chi connectivity index (χ4n) is 1.37. The summed E-state index contributed by atoms with van der Waals surface area (Å²) in [5, 5.41) is 3.36. The Kier molecular flexibility index (Phi) is 4.74. The Hall–Kier alpha value is -0.0400. The monoisotopic (exact) mass is 157 g/mol. The Labute approximate surface area is 71.6 Å². The molecular formula is C10H23N. The summed E-state index contributed by atoms with van der Waals surface area (Å²) in [4.78, 5) is 0.